The van der Waals surface area contributed by atoms with Crippen molar-refractivity contribution in [2.45, 2.75) is 38.9 Å². The third kappa shape index (κ3) is 5.41. The Morgan fingerprint density at radius 2 is 2.13 bits per heavy atom. The molecule has 0 spiro atoms. The Kier molecular flexibility index (Phi) is 7.63. The zero-order valence-electron chi connectivity index (χ0n) is 17.4. The van der Waals surface area contributed by atoms with E-state index in [2.05, 4.69) is 21.9 Å². The van der Waals surface area contributed by atoms with E-state index in [1.807, 2.05) is 13.8 Å². The highest BCUT2D eigenvalue weighted by Gasteiger charge is 2.17. The standard InChI is InChI=1S/C20H22N4O4S3/c1-5-7-24-18(27)16-11(3)12(4)31-17(16)23-20(24)30-10-14(25)22-19-21-13(9-29-19)8-15(26)28-6-2/h5,9H,1,6-8,10H2,2-4H3,(H,21,22,25). The van der Waals surface area contributed by atoms with E-state index in [1.54, 1.807) is 18.4 Å². The second-order valence-corrected chi connectivity index (χ2v) is 9.53. The van der Waals surface area contributed by atoms with Crippen LogP contribution in [0.4, 0.5) is 5.13 Å². The van der Waals surface area contributed by atoms with Crippen molar-refractivity contribution in [2.75, 3.05) is 17.7 Å². The summed E-state index contributed by atoms with van der Waals surface area (Å²) in [6, 6.07) is 0. The molecular weight excluding hydrogens is 456 g/mol. The number of aromatic nitrogens is 3. The summed E-state index contributed by atoms with van der Waals surface area (Å²) in [5.41, 5.74) is 1.35. The number of thiazole rings is 1. The maximum Gasteiger partial charge on any atom is 0.311 e. The molecule has 0 aliphatic carbocycles. The van der Waals surface area contributed by atoms with Crippen LogP contribution in [0.3, 0.4) is 0 Å². The van der Waals surface area contributed by atoms with Crippen molar-refractivity contribution in [3.63, 3.8) is 0 Å². The Morgan fingerprint density at radius 3 is 2.84 bits per heavy atom. The van der Waals surface area contributed by atoms with Crippen LogP contribution in [0.1, 0.15) is 23.1 Å². The summed E-state index contributed by atoms with van der Waals surface area (Å²) in [7, 11) is 0. The van der Waals surface area contributed by atoms with Gasteiger partial charge < -0.3 is 10.1 Å². The lowest BCUT2D eigenvalue weighted by atomic mass is 10.2. The number of anilines is 1. The van der Waals surface area contributed by atoms with Gasteiger partial charge in [0.2, 0.25) is 5.91 Å². The molecule has 3 rings (SSSR count). The molecule has 3 heterocycles. The van der Waals surface area contributed by atoms with Gasteiger partial charge in [0, 0.05) is 16.8 Å². The number of thioether (sulfide) groups is 1. The second kappa shape index (κ2) is 10.2. The lowest BCUT2D eigenvalue weighted by molar-refractivity contribution is -0.142. The Balaban J connectivity index is 1.71. The van der Waals surface area contributed by atoms with Gasteiger partial charge in [-0.2, -0.15) is 0 Å². The number of allylic oxidation sites excluding steroid dienone is 1. The third-order valence-corrected chi connectivity index (χ3v) is 7.21. The summed E-state index contributed by atoms with van der Waals surface area (Å²) in [4.78, 5) is 47.5. The summed E-state index contributed by atoms with van der Waals surface area (Å²) in [6.07, 6.45) is 1.70. The average molecular weight is 479 g/mol. The van der Waals surface area contributed by atoms with Crippen LogP contribution in [0.25, 0.3) is 10.2 Å². The van der Waals surface area contributed by atoms with Crippen molar-refractivity contribution in [1.29, 1.82) is 0 Å². The van der Waals surface area contributed by atoms with Crippen LogP contribution in [-0.4, -0.2) is 38.8 Å². The van der Waals surface area contributed by atoms with Crippen molar-refractivity contribution in [2.24, 2.45) is 0 Å². The monoisotopic (exact) mass is 478 g/mol. The van der Waals surface area contributed by atoms with Gasteiger partial charge in [0.1, 0.15) is 4.83 Å². The van der Waals surface area contributed by atoms with Gasteiger partial charge in [-0.1, -0.05) is 17.8 Å². The molecule has 0 aliphatic heterocycles. The SMILES string of the molecule is C=CCn1c(SCC(=O)Nc2nc(CC(=O)OCC)cs2)nc2sc(C)c(C)c2c1=O. The Hall–Kier alpha value is -2.50. The molecule has 11 heteroatoms. The predicted octanol–water partition coefficient (Wildman–Crippen LogP) is 3.55. The fourth-order valence-electron chi connectivity index (χ4n) is 2.80. The Labute approximate surface area is 191 Å². The highest BCUT2D eigenvalue weighted by Crippen LogP contribution is 2.28. The first-order chi connectivity index (χ1) is 14.8. The summed E-state index contributed by atoms with van der Waals surface area (Å²) < 4.78 is 6.43. The van der Waals surface area contributed by atoms with Crippen molar-refractivity contribution in [3.8, 4) is 0 Å². The van der Waals surface area contributed by atoms with E-state index in [4.69, 9.17) is 4.74 Å². The zero-order valence-corrected chi connectivity index (χ0v) is 19.8. The molecule has 3 aromatic rings. The Bertz CT molecular complexity index is 1200. The molecule has 164 valence electrons. The van der Waals surface area contributed by atoms with Gasteiger partial charge >= 0.3 is 5.97 Å². The maximum absolute atomic E-state index is 13.0. The molecule has 0 aliphatic rings. The minimum Gasteiger partial charge on any atom is -0.466 e. The van der Waals surface area contributed by atoms with Crippen LogP contribution in [0.15, 0.2) is 28.0 Å². The molecule has 0 saturated heterocycles. The van der Waals surface area contributed by atoms with Crippen LogP contribution in [-0.2, 0) is 27.3 Å². The highest BCUT2D eigenvalue weighted by atomic mass is 32.2. The number of fused-ring (bicyclic) bond motifs is 1. The van der Waals surface area contributed by atoms with Gasteiger partial charge in [-0.3, -0.25) is 19.0 Å². The topological polar surface area (TPSA) is 103 Å². The number of carbonyl (C=O) groups is 2. The van der Waals surface area contributed by atoms with Gasteiger partial charge in [0.05, 0.1) is 29.9 Å². The smallest absolute Gasteiger partial charge is 0.311 e. The molecule has 0 unspecified atom stereocenters. The number of carbonyl (C=O) groups excluding carboxylic acids is 2. The van der Waals surface area contributed by atoms with E-state index in [1.165, 1.54) is 39.0 Å². The van der Waals surface area contributed by atoms with Crippen LogP contribution in [0.5, 0.6) is 0 Å². The van der Waals surface area contributed by atoms with Crippen LogP contribution >= 0.6 is 34.4 Å². The van der Waals surface area contributed by atoms with E-state index in [-0.39, 0.29) is 29.6 Å². The zero-order chi connectivity index (χ0) is 22.5. The number of nitrogens with one attached hydrogen (secondary N) is 1. The first-order valence-corrected chi connectivity index (χ1v) is 12.2. The molecule has 1 N–H and O–H groups in total. The number of hydrogen-bond donors (Lipinski definition) is 1. The fraction of sp³-hybridized carbons (Fsp3) is 0.350. The van der Waals surface area contributed by atoms with Crippen molar-refractivity contribution in [1.82, 2.24) is 14.5 Å². The van der Waals surface area contributed by atoms with E-state index < -0.39 is 0 Å². The minimum atomic E-state index is -0.359. The van der Waals surface area contributed by atoms with Crippen LogP contribution < -0.4 is 10.9 Å². The van der Waals surface area contributed by atoms with Crippen molar-refractivity contribution >= 4 is 61.7 Å². The number of thiophene rings is 1. The summed E-state index contributed by atoms with van der Waals surface area (Å²) in [5, 5.41) is 5.92. The minimum absolute atomic E-state index is 0.0607. The molecule has 3 aromatic heterocycles. The largest absolute Gasteiger partial charge is 0.466 e. The quantitative estimate of drug-likeness (QED) is 0.217. The fourth-order valence-corrected chi connectivity index (χ4v) is 5.41. The van der Waals surface area contributed by atoms with E-state index in [0.29, 0.717) is 39.4 Å². The lowest BCUT2D eigenvalue weighted by Crippen LogP contribution is -2.23. The summed E-state index contributed by atoms with van der Waals surface area (Å²) in [5.74, 6) is -0.576. The average Bonchev–Trinajstić information content (AvgIpc) is 3.26. The number of hydrogen-bond acceptors (Lipinski definition) is 9. The van der Waals surface area contributed by atoms with E-state index >= 15 is 0 Å². The van der Waals surface area contributed by atoms with Gasteiger partial charge in [-0.05, 0) is 26.3 Å². The van der Waals surface area contributed by atoms with Crippen LogP contribution in [0.2, 0.25) is 0 Å². The molecule has 0 aromatic carbocycles. The molecule has 0 bridgehead atoms. The highest BCUT2D eigenvalue weighted by molar-refractivity contribution is 7.99. The molecule has 0 radical (unpaired) electrons. The maximum atomic E-state index is 13.0. The molecule has 0 saturated carbocycles. The van der Waals surface area contributed by atoms with Gasteiger partial charge in [-0.15, -0.1) is 29.3 Å². The third-order valence-electron chi connectivity index (χ3n) is 4.33. The molecule has 0 atom stereocenters. The summed E-state index contributed by atoms with van der Waals surface area (Å²) >= 11 is 3.89. The van der Waals surface area contributed by atoms with Gasteiger partial charge in [-0.25, -0.2) is 9.97 Å². The van der Waals surface area contributed by atoms with E-state index in [0.717, 1.165) is 10.4 Å². The molecule has 1 amide bonds. The van der Waals surface area contributed by atoms with Crippen molar-refractivity contribution in [3.05, 3.63) is 44.5 Å². The van der Waals surface area contributed by atoms with Crippen molar-refractivity contribution < 1.29 is 14.3 Å². The first kappa shape index (κ1) is 23.2. The first-order valence-electron chi connectivity index (χ1n) is 9.48. The number of rotatable bonds is 9. The van der Waals surface area contributed by atoms with Gasteiger partial charge in [0.15, 0.2) is 10.3 Å². The number of amides is 1. The lowest BCUT2D eigenvalue weighted by Gasteiger charge is -2.10. The Morgan fingerprint density at radius 1 is 1.35 bits per heavy atom. The molecule has 8 nitrogen and oxygen atoms in total. The van der Waals surface area contributed by atoms with E-state index in [9.17, 15) is 14.4 Å². The van der Waals surface area contributed by atoms with Gasteiger partial charge in [0.25, 0.3) is 5.56 Å². The predicted molar refractivity (Wildman–Crippen MR) is 125 cm³/mol. The summed E-state index contributed by atoms with van der Waals surface area (Å²) in [6.45, 7) is 9.96. The molecule has 0 fully saturated rings. The number of esters is 1. The number of ether oxygens (including phenoxy) is 1. The normalized spacial score (nSPS) is 10.9. The number of aryl methyl sites for hydroxylation is 2. The molecule has 31 heavy (non-hydrogen) atoms. The number of nitrogens with zero attached hydrogens (tertiary/aromatic N) is 3. The second-order valence-electron chi connectivity index (χ2n) is 6.52. The van der Waals surface area contributed by atoms with Crippen LogP contribution in [0, 0.1) is 13.8 Å². The molecular formula is C20H22N4O4S3.